The van der Waals surface area contributed by atoms with Gasteiger partial charge in [0, 0.05) is 22.8 Å². The molecule has 1 aromatic heterocycles. The number of phenols is 1. The van der Waals surface area contributed by atoms with Crippen molar-refractivity contribution in [2.24, 2.45) is 0 Å². The lowest BCUT2D eigenvalue weighted by molar-refractivity contribution is -0.112. The zero-order chi connectivity index (χ0) is 21.1. The van der Waals surface area contributed by atoms with Crippen molar-refractivity contribution in [1.82, 2.24) is 4.57 Å². The molecular formula is C24H23N3O2. The number of hydrogen-bond acceptors (Lipinski definition) is 3. The van der Waals surface area contributed by atoms with E-state index in [1.165, 1.54) is 23.3 Å². The molecule has 2 N–H and O–H groups in total. The van der Waals surface area contributed by atoms with E-state index in [1.54, 1.807) is 18.2 Å². The quantitative estimate of drug-likeness (QED) is 0.378. The Morgan fingerprint density at radius 1 is 1.10 bits per heavy atom. The van der Waals surface area contributed by atoms with Crippen molar-refractivity contribution < 1.29 is 9.90 Å². The summed E-state index contributed by atoms with van der Waals surface area (Å²) in [5.74, 6) is -0.382. The van der Waals surface area contributed by atoms with Crippen LogP contribution in [0.3, 0.4) is 0 Å². The molecule has 29 heavy (non-hydrogen) atoms. The third kappa shape index (κ3) is 4.07. The van der Waals surface area contributed by atoms with Gasteiger partial charge in [0.05, 0.1) is 0 Å². The van der Waals surface area contributed by atoms with Crippen LogP contribution in [-0.4, -0.2) is 15.6 Å². The second-order valence-electron chi connectivity index (χ2n) is 7.05. The Bertz CT molecular complexity index is 1150. The maximum absolute atomic E-state index is 12.5. The van der Waals surface area contributed by atoms with Crippen LogP contribution in [-0.2, 0) is 4.79 Å². The predicted molar refractivity (Wildman–Crippen MR) is 115 cm³/mol. The van der Waals surface area contributed by atoms with Crippen molar-refractivity contribution in [3.63, 3.8) is 0 Å². The fourth-order valence-corrected chi connectivity index (χ4v) is 3.33. The van der Waals surface area contributed by atoms with E-state index in [0.29, 0.717) is 5.69 Å². The largest absolute Gasteiger partial charge is 0.508 e. The van der Waals surface area contributed by atoms with Gasteiger partial charge in [0.2, 0.25) is 0 Å². The minimum Gasteiger partial charge on any atom is -0.508 e. The summed E-state index contributed by atoms with van der Waals surface area (Å²) in [6.07, 6.45) is 1.61. The summed E-state index contributed by atoms with van der Waals surface area (Å²) in [5, 5.41) is 21.6. The Balaban J connectivity index is 1.96. The average molecular weight is 385 g/mol. The summed E-state index contributed by atoms with van der Waals surface area (Å²) in [6.45, 7) is 8.16. The zero-order valence-corrected chi connectivity index (χ0v) is 16.9. The lowest BCUT2D eigenvalue weighted by Gasteiger charge is -2.14. The molecule has 3 aromatic rings. The number of phenolic OH excluding ortho intramolecular Hbond substituents is 1. The molecule has 2 aromatic carbocycles. The van der Waals surface area contributed by atoms with E-state index in [9.17, 15) is 15.2 Å². The van der Waals surface area contributed by atoms with Gasteiger partial charge in [-0.3, -0.25) is 4.79 Å². The van der Waals surface area contributed by atoms with E-state index in [4.69, 9.17) is 0 Å². The summed E-state index contributed by atoms with van der Waals surface area (Å²) < 4.78 is 2.14. The Labute approximate surface area is 170 Å². The number of aromatic hydroxyl groups is 1. The van der Waals surface area contributed by atoms with E-state index in [2.05, 4.69) is 35.9 Å². The number of anilines is 1. The summed E-state index contributed by atoms with van der Waals surface area (Å²) in [6, 6.07) is 16.2. The fraction of sp³-hybridized carbons (Fsp3) is 0.167. The first-order chi connectivity index (χ1) is 13.8. The molecule has 0 aliphatic carbocycles. The second-order valence-corrected chi connectivity index (χ2v) is 7.05. The third-order valence-electron chi connectivity index (χ3n) is 5.08. The minimum atomic E-state index is -0.491. The number of benzene rings is 2. The van der Waals surface area contributed by atoms with E-state index in [0.717, 1.165) is 22.6 Å². The maximum atomic E-state index is 12.5. The van der Waals surface area contributed by atoms with Gasteiger partial charge in [-0.1, -0.05) is 12.1 Å². The fourth-order valence-electron chi connectivity index (χ4n) is 3.33. The molecule has 0 saturated heterocycles. The van der Waals surface area contributed by atoms with Crippen LogP contribution in [0.1, 0.15) is 28.1 Å². The number of hydrogen-bond donors (Lipinski definition) is 2. The maximum Gasteiger partial charge on any atom is 0.266 e. The smallest absolute Gasteiger partial charge is 0.266 e. The summed E-state index contributed by atoms with van der Waals surface area (Å²) in [4.78, 5) is 12.5. The molecule has 1 amide bonds. The van der Waals surface area contributed by atoms with Crippen LogP contribution >= 0.6 is 0 Å². The Morgan fingerprint density at radius 2 is 1.79 bits per heavy atom. The standard InChI is InChI=1S/C24H23N3O2/c1-15-6-5-7-23(17(15)3)27-16(2)12-19(18(27)4)13-20(14-25)24(29)26-21-8-10-22(28)11-9-21/h5-13,28H,1-4H3,(H,26,29). The van der Waals surface area contributed by atoms with Crippen molar-refractivity contribution in [1.29, 1.82) is 5.26 Å². The molecule has 0 radical (unpaired) electrons. The number of rotatable bonds is 4. The van der Waals surface area contributed by atoms with Gasteiger partial charge < -0.3 is 15.0 Å². The van der Waals surface area contributed by atoms with Gasteiger partial charge in [-0.25, -0.2) is 0 Å². The first-order valence-corrected chi connectivity index (χ1v) is 9.29. The molecule has 146 valence electrons. The van der Waals surface area contributed by atoms with Crippen molar-refractivity contribution in [3.8, 4) is 17.5 Å². The van der Waals surface area contributed by atoms with E-state index < -0.39 is 5.91 Å². The van der Waals surface area contributed by atoms with Crippen LogP contribution in [0.25, 0.3) is 11.8 Å². The molecule has 3 rings (SSSR count). The van der Waals surface area contributed by atoms with Gasteiger partial charge in [0.25, 0.3) is 5.91 Å². The molecule has 0 bridgehead atoms. The molecule has 0 unspecified atom stereocenters. The average Bonchev–Trinajstić information content (AvgIpc) is 2.97. The molecule has 0 aliphatic rings. The van der Waals surface area contributed by atoms with Crippen molar-refractivity contribution in [2.75, 3.05) is 5.32 Å². The molecular weight excluding hydrogens is 362 g/mol. The zero-order valence-electron chi connectivity index (χ0n) is 16.9. The number of nitriles is 1. The number of carbonyl (C=O) groups is 1. The number of amides is 1. The van der Waals surface area contributed by atoms with Gasteiger partial charge >= 0.3 is 0 Å². The normalized spacial score (nSPS) is 11.2. The summed E-state index contributed by atoms with van der Waals surface area (Å²) in [5.41, 5.74) is 6.81. The number of nitrogens with zero attached hydrogens (tertiary/aromatic N) is 2. The SMILES string of the molecule is Cc1cccc(-n2c(C)cc(C=C(C#N)C(=O)Nc3ccc(O)cc3)c2C)c1C. The van der Waals surface area contributed by atoms with E-state index >= 15 is 0 Å². The molecule has 5 heteroatoms. The molecule has 0 aliphatic heterocycles. The number of nitrogens with one attached hydrogen (secondary N) is 1. The van der Waals surface area contributed by atoms with Crippen molar-refractivity contribution in [2.45, 2.75) is 27.7 Å². The van der Waals surface area contributed by atoms with Gasteiger partial charge in [-0.2, -0.15) is 5.26 Å². The Hall–Kier alpha value is -3.78. The van der Waals surface area contributed by atoms with Crippen LogP contribution in [0.2, 0.25) is 0 Å². The highest BCUT2D eigenvalue weighted by Crippen LogP contribution is 2.26. The lowest BCUT2D eigenvalue weighted by atomic mass is 10.1. The monoisotopic (exact) mass is 385 g/mol. The second kappa shape index (κ2) is 8.07. The molecule has 5 nitrogen and oxygen atoms in total. The third-order valence-corrected chi connectivity index (χ3v) is 5.08. The van der Waals surface area contributed by atoms with Crippen LogP contribution in [0.15, 0.2) is 54.1 Å². The molecule has 1 heterocycles. The van der Waals surface area contributed by atoms with E-state index in [-0.39, 0.29) is 11.3 Å². The van der Waals surface area contributed by atoms with E-state index in [1.807, 2.05) is 32.0 Å². The number of aryl methyl sites for hydroxylation is 2. The predicted octanol–water partition coefficient (Wildman–Crippen LogP) is 4.96. The first kappa shape index (κ1) is 20.0. The van der Waals surface area contributed by atoms with Crippen LogP contribution in [0, 0.1) is 39.0 Å². The van der Waals surface area contributed by atoms with Crippen molar-refractivity contribution in [3.05, 3.63) is 82.2 Å². The minimum absolute atomic E-state index is 0.0132. The highest BCUT2D eigenvalue weighted by Gasteiger charge is 2.15. The summed E-state index contributed by atoms with van der Waals surface area (Å²) >= 11 is 0. The van der Waals surface area contributed by atoms with Gasteiger partial charge in [-0.15, -0.1) is 0 Å². The number of aromatic nitrogens is 1. The number of carbonyl (C=O) groups excluding carboxylic acids is 1. The lowest BCUT2D eigenvalue weighted by Crippen LogP contribution is -2.13. The molecule has 0 saturated carbocycles. The van der Waals surface area contributed by atoms with Crippen LogP contribution < -0.4 is 5.32 Å². The van der Waals surface area contributed by atoms with Crippen LogP contribution in [0.4, 0.5) is 5.69 Å². The molecule has 0 spiro atoms. The van der Waals surface area contributed by atoms with Crippen LogP contribution in [0.5, 0.6) is 5.75 Å². The Morgan fingerprint density at radius 3 is 2.45 bits per heavy atom. The Kier molecular flexibility index (Phi) is 5.56. The highest BCUT2D eigenvalue weighted by molar-refractivity contribution is 6.09. The molecule has 0 fully saturated rings. The summed E-state index contributed by atoms with van der Waals surface area (Å²) in [7, 11) is 0. The first-order valence-electron chi connectivity index (χ1n) is 9.29. The van der Waals surface area contributed by atoms with Gasteiger partial charge in [0.15, 0.2) is 0 Å². The van der Waals surface area contributed by atoms with Gasteiger partial charge in [0.1, 0.15) is 17.4 Å². The topological polar surface area (TPSA) is 78.0 Å². The highest BCUT2D eigenvalue weighted by atomic mass is 16.3. The molecule has 0 atom stereocenters. The van der Waals surface area contributed by atoms with Gasteiger partial charge in [-0.05, 0) is 86.9 Å². The van der Waals surface area contributed by atoms with Crippen molar-refractivity contribution >= 4 is 17.7 Å².